The number of halogens is 1. The highest BCUT2D eigenvalue weighted by molar-refractivity contribution is 6.30. The van der Waals surface area contributed by atoms with Gasteiger partial charge in [0.05, 0.1) is 12.5 Å². The first-order valence-electron chi connectivity index (χ1n) is 6.46. The molecule has 1 unspecified atom stereocenters. The SMILES string of the molecule is CN1CCN(C(=O)CC(O)c2ccc(Cl)cc2)CC1. The largest absolute Gasteiger partial charge is 0.388 e. The minimum atomic E-state index is -0.760. The lowest BCUT2D eigenvalue weighted by Crippen LogP contribution is -2.47. The number of nitrogens with zero attached hydrogens (tertiary/aromatic N) is 2. The summed E-state index contributed by atoms with van der Waals surface area (Å²) in [5, 5.41) is 10.7. The van der Waals surface area contributed by atoms with E-state index in [2.05, 4.69) is 4.90 Å². The van der Waals surface area contributed by atoms with Crippen LogP contribution in [0.15, 0.2) is 24.3 Å². The van der Waals surface area contributed by atoms with E-state index in [1.54, 1.807) is 24.3 Å². The van der Waals surface area contributed by atoms with E-state index in [0.29, 0.717) is 5.02 Å². The Morgan fingerprint density at radius 2 is 1.84 bits per heavy atom. The van der Waals surface area contributed by atoms with Gasteiger partial charge in [-0.2, -0.15) is 0 Å². The molecule has 5 heteroatoms. The van der Waals surface area contributed by atoms with Crippen LogP contribution in [0.5, 0.6) is 0 Å². The number of carbonyl (C=O) groups is 1. The predicted molar refractivity (Wildman–Crippen MR) is 75.1 cm³/mol. The zero-order valence-corrected chi connectivity index (χ0v) is 11.8. The summed E-state index contributed by atoms with van der Waals surface area (Å²) in [7, 11) is 2.05. The van der Waals surface area contributed by atoms with Crippen molar-refractivity contribution in [2.24, 2.45) is 0 Å². The molecule has 1 fully saturated rings. The molecule has 1 aromatic carbocycles. The van der Waals surface area contributed by atoms with Crippen LogP contribution in [0.25, 0.3) is 0 Å². The molecular weight excluding hydrogens is 264 g/mol. The van der Waals surface area contributed by atoms with Crippen molar-refractivity contribution in [1.82, 2.24) is 9.80 Å². The second-order valence-electron chi connectivity index (χ2n) is 4.96. The minimum absolute atomic E-state index is 0.00977. The molecule has 0 aromatic heterocycles. The van der Waals surface area contributed by atoms with Crippen LogP contribution in [0.3, 0.4) is 0 Å². The lowest BCUT2D eigenvalue weighted by molar-refractivity contribution is -0.134. The Kier molecular flexibility index (Phi) is 4.80. The van der Waals surface area contributed by atoms with Gasteiger partial charge < -0.3 is 14.9 Å². The molecule has 1 aliphatic heterocycles. The average molecular weight is 283 g/mol. The molecule has 0 spiro atoms. The van der Waals surface area contributed by atoms with Crippen molar-refractivity contribution in [2.75, 3.05) is 33.2 Å². The molecule has 4 nitrogen and oxygen atoms in total. The quantitative estimate of drug-likeness (QED) is 0.915. The van der Waals surface area contributed by atoms with E-state index in [0.717, 1.165) is 31.7 Å². The van der Waals surface area contributed by atoms with Gasteiger partial charge in [-0.15, -0.1) is 0 Å². The summed E-state index contributed by atoms with van der Waals surface area (Å²) in [6.45, 7) is 3.26. The molecule has 1 atom stereocenters. The number of piperazine rings is 1. The Hall–Kier alpha value is -1.10. The average Bonchev–Trinajstić information content (AvgIpc) is 2.40. The summed E-state index contributed by atoms with van der Waals surface area (Å²) in [5.74, 6) is 0.00977. The van der Waals surface area contributed by atoms with Crippen molar-refractivity contribution in [1.29, 1.82) is 0 Å². The Morgan fingerprint density at radius 1 is 1.26 bits per heavy atom. The van der Waals surface area contributed by atoms with E-state index >= 15 is 0 Å². The maximum absolute atomic E-state index is 12.1. The molecule has 1 aromatic rings. The number of hydrogen-bond donors (Lipinski definition) is 1. The van der Waals surface area contributed by atoms with Crippen LogP contribution in [0, 0.1) is 0 Å². The number of benzene rings is 1. The number of rotatable bonds is 3. The van der Waals surface area contributed by atoms with Crippen molar-refractivity contribution in [3.05, 3.63) is 34.9 Å². The first-order chi connectivity index (χ1) is 9.06. The van der Waals surface area contributed by atoms with E-state index in [1.807, 2.05) is 11.9 Å². The lowest BCUT2D eigenvalue weighted by atomic mass is 10.1. The van der Waals surface area contributed by atoms with Gasteiger partial charge in [0.1, 0.15) is 0 Å². The molecule has 1 saturated heterocycles. The molecule has 2 rings (SSSR count). The molecule has 0 radical (unpaired) electrons. The van der Waals surface area contributed by atoms with Crippen molar-refractivity contribution in [2.45, 2.75) is 12.5 Å². The van der Waals surface area contributed by atoms with E-state index in [4.69, 9.17) is 11.6 Å². The number of aliphatic hydroxyl groups excluding tert-OH is 1. The van der Waals surface area contributed by atoms with Gasteiger partial charge in [0.2, 0.25) is 5.91 Å². The van der Waals surface area contributed by atoms with Gasteiger partial charge in [0.25, 0.3) is 0 Å². The predicted octanol–water partition coefficient (Wildman–Crippen LogP) is 1.54. The Bertz CT molecular complexity index is 428. The Morgan fingerprint density at radius 3 is 2.42 bits per heavy atom. The first-order valence-corrected chi connectivity index (χ1v) is 6.84. The fraction of sp³-hybridized carbons (Fsp3) is 0.500. The zero-order valence-electron chi connectivity index (χ0n) is 11.1. The minimum Gasteiger partial charge on any atom is -0.388 e. The molecule has 0 saturated carbocycles. The summed E-state index contributed by atoms with van der Waals surface area (Å²) < 4.78 is 0. The third kappa shape index (κ3) is 3.93. The highest BCUT2D eigenvalue weighted by Gasteiger charge is 2.21. The molecule has 19 heavy (non-hydrogen) atoms. The van der Waals surface area contributed by atoms with Gasteiger partial charge in [-0.05, 0) is 24.7 Å². The van der Waals surface area contributed by atoms with E-state index in [1.165, 1.54) is 0 Å². The van der Waals surface area contributed by atoms with Gasteiger partial charge in [-0.1, -0.05) is 23.7 Å². The summed E-state index contributed by atoms with van der Waals surface area (Å²) >= 11 is 5.80. The second kappa shape index (κ2) is 6.37. The van der Waals surface area contributed by atoms with Gasteiger partial charge in [-0.3, -0.25) is 4.79 Å². The Labute approximate surface area is 118 Å². The third-order valence-corrected chi connectivity index (χ3v) is 3.73. The molecule has 1 aliphatic rings. The van der Waals surface area contributed by atoms with Gasteiger partial charge in [0, 0.05) is 31.2 Å². The van der Waals surface area contributed by atoms with E-state index in [-0.39, 0.29) is 12.3 Å². The van der Waals surface area contributed by atoms with Crippen LogP contribution < -0.4 is 0 Å². The van der Waals surface area contributed by atoms with Crippen LogP contribution in [0.4, 0.5) is 0 Å². The number of aliphatic hydroxyl groups is 1. The Balaban J connectivity index is 1.89. The van der Waals surface area contributed by atoms with Crippen LogP contribution in [0.2, 0.25) is 5.02 Å². The smallest absolute Gasteiger partial charge is 0.225 e. The maximum Gasteiger partial charge on any atom is 0.225 e. The molecule has 1 N–H and O–H groups in total. The van der Waals surface area contributed by atoms with E-state index < -0.39 is 6.10 Å². The molecule has 1 heterocycles. The zero-order chi connectivity index (χ0) is 13.8. The summed E-state index contributed by atoms with van der Waals surface area (Å²) in [4.78, 5) is 16.1. The number of carbonyl (C=O) groups excluding carboxylic acids is 1. The number of amides is 1. The topological polar surface area (TPSA) is 43.8 Å². The normalized spacial score (nSPS) is 18.4. The summed E-state index contributed by atoms with van der Waals surface area (Å²) in [6.07, 6.45) is -0.629. The standard InChI is InChI=1S/C14H19ClN2O2/c1-16-6-8-17(9-7-16)14(19)10-13(18)11-2-4-12(15)5-3-11/h2-5,13,18H,6-10H2,1H3. The highest BCUT2D eigenvalue weighted by Crippen LogP contribution is 2.20. The van der Waals surface area contributed by atoms with Crippen LogP contribution in [-0.2, 0) is 4.79 Å². The molecular formula is C14H19ClN2O2. The van der Waals surface area contributed by atoms with Crippen LogP contribution in [-0.4, -0.2) is 54.0 Å². The van der Waals surface area contributed by atoms with Crippen LogP contribution >= 0.6 is 11.6 Å². The van der Waals surface area contributed by atoms with Crippen molar-refractivity contribution in [3.8, 4) is 0 Å². The van der Waals surface area contributed by atoms with E-state index in [9.17, 15) is 9.90 Å². The third-order valence-electron chi connectivity index (χ3n) is 3.48. The fourth-order valence-electron chi connectivity index (χ4n) is 2.15. The van der Waals surface area contributed by atoms with Gasteiger partial charge in [0.15, 0.2) is 0 Å². The summed E-state index contributed by atoms with van der Waals surface area (Å²) in [5.41, 5.74) is 0.729. The fourth-order valence-corrected chi connectivity index (χ4v) is 2.28. The monoisotopic (exact) mass is 282 g/mol. The molecule has 104 valence electrons. The van der Waals surface area contributed by atoms with Gasteiger partial charge >= 0.3 is 0 Å². The second-order valence-corrected chi connectivity index (χ2v) is 5.39. The van der Waals surface area contributed by atoms with Crippen molar-refractivity contribution < 1.29 is 9.90 Å². The summed E-state index contributed by atoms with van der Waals surface area (Å²) in [6, 6.07) is 6.95. The molecule has 0 bridgehead atoms. The number of likely N-dealkylation sites (N-methyl/N-ethyl adjacent to an activating group) is 1. The van der Waals surface area contributed by atoms with Gasteiger partial charge in [-0.25, -0.2) is 0 Å². The maximum atomic E-state index is 12.1. The number of hydrogen-bond acceptors (Lipinski definition) is 3. The lowest BCUT2D eigenvalue weighted by Gasteiger charge is -2.32. The van der Waals surface area contributed by atoms with Crippen LogP contribution in [0.1, 0.15) is 18.1 Å². The van der Waals surface area contributed by atoms with Crippen molar-refractivity contribution >= 4 is 17.5 Å². The molecule has 0 aliphatic carbocycles. The first kappa shape index (κ1) is 14.3. The van der Waals surface area contributed by atoms with Crippen molar-refractivity contribution in [3.63, 3.8) is 0 Å². The highest BCUT2D eigenvalue weighted by atomic mass is 35.5. The molecule has 1 amide bonds.